The molecule has 0 unspecified atom stereocenters. The number of rotatable bonds is 2. The number of nitrogens with zero attached hydrogens (tertiary/aromatic N) is 1. The molecule has 5 heteroatoms. The van der Waals surface area contributed by atoms with Gasteiger partial charge in [-0.25, -0.2) is 5.14 Å². The van der Waals surface area contributed by atoms with Crippen LogP contribution in [0.2, 0.25) is 0 Å². The van der Waals surface area contributed by atoms with Gasteiger partial charge in [0.2, 0.25) is 0 Å². The second kappa shape index (κ2) is 3.43. The molecular weight excluding hydrogens is 224 g/mol. The summed E-state index contributed by atoms with van der Waals surface area (Å²) in [5.41, 5.74) is 0. The van der Waals surface area contributed by atoms with E-state index in [9.17, 15) is 8.42 Å². The van der Waals surface area contributed by atoms with Crippen LogP contribution >= 0.6 is 0 Å². The highest BCUT2D eigenvalue weighted by Gasteiger charge is 2.50. The zero-order valence-electron chi connectivity index (χ0n) is 9.67. The van der Waals surface area contributed by atoms with Crippen molar-refractivity contribution in [2.45, 2.75) is 38.1 Å². The van der Waals surface area contributed by atoms with E-state index in [1.807, 2.05) is 0 Å². The molecule has 16 heavy (non-hydrogen) atoms. The summed E-state index contributed by atoms with van der Waals surface area (Å²) in [6.07, 6.45) is 6.27. The number of hydrogen-bond acceptors (Lipinski definition) is 2. The molecule has 4 bridgehead atoms. The van der Waals surface area contributed by atoms with E-state index in [0.29, 0.717) is 11.8 Å². The molecule has 4 rings (SSSR count). The van der Waals surface area contributed by atoms with Crippen LogP contribution in [0.5, 0.6) is 0 Å². The maximum Gasteiger partial charge on any atom is 0.276 e. The van der Waals surface area contributed by atoms with Crippen LogP contribution in [0.15, 0.2) is 0 Å². The third-order valence-electron chi connectivity index (χ3n) is 5.00. The summed E-state index contributed by atoms with van der Waals surface area (Å²) in [7, 11) is -1.86. The summed E-state index contributed by atoms with van der Waals surface area (Å²) >= 11 is 0. The Balaban J connectivity index is 1.87. The lowest BCUT2D eigenvalue weighted by Crippen LogP contribution is -2.57. The summed E-state index contributed by atoms with van der Waals surface area (Å²) in [4.78, 5) is 0. The second-order valence-electron chi connectivity index (χ2n) is 5.98. The van der Waals surface area contributed by atoms with Crippen molar-refractivity contribution in [3.63, 3.8) is 0 Å². The topological polar surface area (TPSA) is 63.4 Å². The molecule has 2 N–H and O–H groups in total. The molecule has 4 nitrogen and oxygen atoms in total. The molecular formula is C11H20N2O2S. The Morgan fingerprint density at radius 1 is 1.00 bits per heavy atom. The lowest BCUT2D eigenvalue weighted by atomic mass is 9.54. The molecule has 0 aliphatic heterocycles. The Hall–Kier alpha value is -0.130. The van der Waals surface area contributed by atoms with Gasteiger partial charge in [0.1, 0.15) is 0 Å². The highest BCUT2D eigenvalue weighted by molar-refractivity contribution is 7.86. The molecule has 0 amide bonds. The predicted octanol–water partition coefficient (Wildman–Crippen LogP) is 0.946. The van der Waals surface area contributed by atoms with Gasteiger partial charge in [0.25, 0.3) is 10.2 Å². The third kappa shape index (κ3) is 1.60. The van der Waals surface area contributed by atoms with Crippen molar-refractivity contribution < 1.29 is 8.42 Å². The van der Waals surface area contributed by atoms with Crippen molar-refractivity contribution in [1.29, 1.82) is 0 Å². The Bertz CT molecular complexity index is 365. The van der Waals surface area contributed by atoms with E-state index in [4.69, 9.17) is 5.14 Å². The van der Waals surface area contributed by atoms with Gasteiger partial charge >= 0.3 is 0 Å². The fourth-order valence-corrected chi connectivity index (χ4v) is 5.34. The van der Waals surface area contributed by atoms with Crippen molar-refractivity contribution in [1.82, 2.24) is 4.31 Å². The molecule has 4 fully saturated rings. The molecule has 0 heterocycles. The van der Waals surface area contributed by atoms with Gasteiger partial charge in [0.15, 0.2) is 0 Å². The predicted molar refractivity (Wildman–Crippen MR) is 61.7 cm³/mol. The fraction of sp³-hybridized carbons (Fsp3) is 1.00. The van der Waals surface area contributed by atoms with Crippen molar-refractivity contribution in [2.75, 3.05) is 7.05 Å². The van der Waals surface area contributed by atoms with Gasteiger partial charge < -0.3 is 0 Å². The van der Waals surface area contributed by atoms with E-state index in [1.54, 1.807) is 7.05 Å². The fourth-order valence-electron chi connectivity index (χ4n) is 4.66. The molecule has 0 aromatic carbocycles. The first kappa shape index (κ1) is 11.0. The van der Waals surface area contributed by atoms with Crippen molar-refractivity contribution >= 4 is 10.2 Å². The minimum absolute atomic E-state index is 0.183. The molecule has 4 aliphatic carbocycles. The van der Waals surface area contributed by atoms with Crippen LogP contribution in [0.1, 0.15) is 32.1 Å². The molecule has 0 saturated heterocycles. The van der Waals surface area contributed by atoms with Crippen LogP contribution in [0.4, 0.5) is 0 Å². The van der Waals surface area contributed by atoms with E-state index in [0.717, 1.165) is 11.8 Å². The normalized spacial score (nSPS) is 46.6. The molecule has 0 radical (unpaired) electrons. The maximum absolute atomic E-state index is 11.5. The summed E-state index contributed by atoms with van der Waals surface area (Å²) < 4.78 is 24.4. The average molecular weight is 244 g/mol. The van der Waals surface area contributed by atoms with Crippen molar-refractivity contribution in [3.05, 3.63) is 0 Å². The van der Waals surface area contributed by atoms with Crippen LogP contribution in [-0.4, -0.2) is 25.8 Å². The largest absolute Gasteiger partial charge is 0.276 e. The SMILES string of the molecule is CN(C1C2CC3CC(C2)CC1C3)S(N)(=O)=O. The Kier molecular flexibility index (Phi) is 2.36. The van der Waals surface area contributed by atoms with Gasteiger partial charge in [-0.1, -0.05) is 0 Å². The summed E-state index contributed by atoms with van der Waals surface area (Å²) in [6, 6.07) is 0.183. The van der Waals surface area contributed by atoms with Gasteiger partial charge in [0.05, 0.1) is 0 Å². The Morgan fingerprint density at radius 3 is 1.81 bits per heavy atom. The first-order chi connectivity index (χ1) is 7.45. The van der Waals surface area contributed by atoms with Crippen LogP contribution in [0, 0.1) is 23.7 Å². The van der Waals surface area contributed by atoms with Crippen molar-refractivity contribution in [2.24, 2.45) is 28.8 Å². The van der Waals surface area contributed by atoms with Gasteiger partial charge in [-0.2, -0.15) is 12.7 Å². The Morgan fingerprint density at radius 2 is 1.44 bits per heavy atom. The van der Waals surface area contributed by atoms with E-state index in [-0.39, 0.29) is 6.04 Å². The van der Waals surface area contributed by atoms with E-state index in [2.05, 4.69) is 0 Å². The smallest absolute Gasteiger partial charge is 0.216 e. The summed E-state index contributed by atoms with van der Waals surface area (Å²) in [5, 5.41) is 5.26. The number of nitrogens with two attached hydrogens (primary N) is 1. The van der Waals surface area contributed by atoms with Crippen LogP contribution in [-0.2, 0) is 10.2 Å². The molecule has 0 aromatic rings. The van der Waals surface area contributed by atoms with E-state index < -0.39 is 10.2 Å². The van der Waals surface area contributed by atoms with Crippen LogP contribution in [0.3, 0.4) is 0 Å². The molecule has 4 aliphatic rings. The zero-order valence-corrected chi connectivity index (χ0v) is 10.5. The second-order valence-corrected chi connectivity index (χ2v) is 7.59. The van der Waals surface area contributed by atoms with Gasteiger partial charge in [-0.3, -0.25) is 0 Å². The summed E-state index contributed by atoms with van der Waals surface area (Å²) in [6.45, 7) is 0. The first-order valence-electron chi connectivity index (χ1n) is 6.21. The van der Waals surface area contributed by atoms with Crippen LogP contribution < -0.4 is 5.14 Å². The standard InChI is InChI=1S/C11H20N2O2S/c1-13(16(12,14)15)11-9-3-7-2-8(5-9)6-10(11)4-7/h7-11H,2-6H2,1H3,(H2,12,14,15). The van der Waals surface area contributed by atoms with Crippen LogP contribution in [0.25, 0.3) is 0 Å². The highest BCUT2D eigenvalue weighted by Crippen LogP contribution is 2.55. The van der Waals surface area contributed by atoms with E-state index in [1.165, 1.54) is 36.4 Å². The molecule has 92 valence electrons. The van der Waals surface area contributed by atoms with Gasteiger partial charge in [0, 0.05) is 13.1 Å². The summed E-state index contributed by atoms with van der Waals surface area (Å²) in [5.74, 6) is 2.87. The third-order valence-corrected chi connectivity index (χ3v) is 6.04. The minimum atomic E-state index is -3.51. The maximum atomic E-state index is 11.5. The number of hydrogen-bond donors (Lipinski definition) is 1. The van der Waals surface area contributed by atoms with Crippen molar-refractivity contribution in [3.8, 4) is 0 Å². The molecule has 0 aromatic heterocycles. The molecule has 0 spiro atoms. The Labute approximate surface area is 97.4 Å². The zero-order chi connectivity index (χ0) is 11.5. The lowest BCUT2D eigenvalue weighted by Gasteiger charge is -2.55. The quantitative estimate of drug-likeness (QED) is 0.786. The van der Waals surface area contributed by atoms with E-state index >= 15 is 0 Å². The molecule has 0 atom stereocenters. The minimum Gasteiger partial charge on any atom is -0.216 e. The molecule has 4 saturated carbocycles. The van der Waals surface area contributed by atoms with Gasteiger partial charge in [-0.15, -0.1) is 0 Å². The average Bonchev–Trinajstić information content (AvgIpc) is 2.13. The monoisotopic (exact) mass is 244 g/mol. The van der Waals surface area contributed by atoms with Gasteiger partial charge in [-0.05, 0) is 55.8 Å². The lowest BCUT2D eigenvalue weighted by molar-refractivity contribution is -0.0351. The highest BCUT2D eigenvalue weighted by atomic mass is 32.2. The first-order valence-corrected chi connectivity index (χ1v) is 7.71.